The van der Waals surface area contributed by atoms with Crippen LogP contribution in [0.3, 0.4) is 0 Å². The molecule has 0 aliphatic carbocycles. The molecule has 0 unspecified atom stereocenters. The van der Waals surface area contributed by atoms with Crippen LogP contribution in [0.25, 0.3) is 0 Å². The summed E-state index contributed by atoms with van der Waals surface area (Å²) in [6.45, 7) is 7.92. The lowest BCUT2D eigenvalue weighted by Crippen LogP contribution is -1.86. The minimum atomic E-state index is 0.601. The van der Waals surface area contributed by atoms with Crippen LogP contribution in [0.4, 0.5) is 0 Å². The first-order chi connectivity index (χ1) is 4.16. The molecule has 1 nitrogen and oxygen atoms in total. The maximum atomic E-state index is 4.40. The van der Waals surface area contributed by atoms with Crippen molar-refractivity contribution in [2.45, 2.75) is 20.3 Å². The van der Waals surface area contributed by atoms with Gasteiger partial charge in [0.05, 0.1) is 5.16 Å². The molecule has 0 saturated heterocycles. The highest BCUT2D eigenvalue weighted by Gasteiger charge is 1.94. The SMILES string of the molecule is C=C(CC(C)C)N=C=S. The second kappa shape index (κ2) is 4.42. The van der Waals surface area contributed by atoms with Gasteiger partial charge in [-0.05, 0) is 24.6 Å². The van der Waals surface area contributed by atoms with Crippen molar-refractivity contribution in [1.82, 2.24) is 0 Å². The molecule has 0 saturated carbocycles. The number of hydrogen-bond acceptors (Lipinski definition) is 2. The van der Waals surface area contributed by atoms with Crippen LogP contribution in [-0.4, -0.2) is 5.16 Å². The molecule has 0 N–H and O–H groups in total. The molecule has 9 heavy (non-hydrogen) atoms. The third-order valence-corrected chi connectivity index (χ3v) is 0.939. The molecular weight excluding hydrogens is 130 g/mol. The molecule has 0 aromatic heterocycles. The Balaban J connectivity index is 3.64. The van der Waals surface area contributed by atoms with E-state index < -0.39 is 0 Å². The van der Waals surface area contributed by atoms with Crippen LogP contribution in [0.2, 0.25) is 0 Å². The van der Waals surface area contributed by atoms with Crippen LogP contribution in [0.1, 0.15) is 20.3 Å². The molecule has 0 aromatic rings. The highest BCUT2D eigenvalue weighted by molar-refractivity contribution is 7.78. The highest BCUT2D eigenvalue weighted by atomic mass is 32.1. The Kier molecular flexibility index (Phi) is 4.20. The number of aliphatic imine (C=N–C) groups is 1. The lowest BCUT2D eigenvalue weighted by atomic mass is 10.1. The van der Waals surface area contributed by atoms with Crippen molar-refractivity contribution in [3.63, 3.8) is 0 Å². The van der Waals surface area contributed by atoms with Gasteiger partial charge in [-0.15, -0.1) is 0 Å². The molecule has 0 atom stereocenters. The summed E-state index contributed by atoms with van der Waals surface area (Å²) in [6, 6.07) is 0. The predicted octanol–water partition coefficient (Wildman–Crippen LogP) is 2.65. The standard InChI is InChI=1S/C7H11NS/c1-6(2)4-7(3)8-5-9/h6H,3-4H2,1-2H3. The zero-order chi connectivity index (χ0) is 7.28. The third-order valence-electron chi connectivity index (χ3n) is 0.848. The molecule has 0 bridgehead atoms. The average molecular weight is 141 g/mol. The molecule has 0 aliphatic rings. The average Bonchev–Trinajstić information content (AvgIpc) is 1.63. The van der Waals surface area contributed by atoms with Crippen molar-refractivity contribution in [3.8, 4) is 0 Å². The van der Waals surface area contributed by atoms with Crippen LogP contribution < -0.4 is 0 Å². The van der Waals surface area contributed by atoms with Gasteiger partial charge in [-0.2, -0.15) is 4.99 Å². The Morgan fingerprint density at radius 2 is 2.33 bits per heavy atom. The summed E-state index contributed by atoms with van der Waals surface area (Å²) in [5.74, 6) is 0.601. The first kappa shape index (κ1) is 8.54. The number of allylic oxidation sites excluding steroid dienone is 1. The molecule has 2 heteroatoms. The summed E-state index contributed by atoms with van der Waals surface area (Å²) in [5, 5.41) is 2.28. The van der Waals surface area contributed by atoms with E-state index >= 15 is 0 Å². The fourth-order valence-corrected chi connectivity index (χ4v) is 0.711. The molecule has 0 fully saturated rings. The Morgan fingerprint density at radius 3 is 2.67 bits per heavy atom. The van der Waals surface area contributed by atoms with Crippen LogP contribution >= 0.6 is 12.2 Å². The normalized spacial score (nSPS) is 8.78. The van der Waals surface area contributed by atoms with E-state index in [9.17, 15) is 0 Å². The molecule has 0 heterocycles. The molecule has 50 valence electrons. The van der Waals surface area contributed by atoms with Crippen molar-refractivity contribution in [3.05, 3.63) is 12.3 Å². The van der Waals surface area contributed by atoms with Gasteiger partial charge in [0.2, 0.25) is 0 Å². The van der Waals surface area contributed by atoms with Gasteiger partial charge >= 0.3 is 0 Å². The number of isothiocyanates is 1. The first-order valence-corrected chi connectivity index (χ1v) is 3.33. The van der Waals surface area contributed by atoms with E-state index in [1.807, 2.05) is 0 Å². The maximum Gasteiger partial charge on any atom is 0.0637 e. The Bertz CT molecular complexity index is 143. The summed E-state index contributed by atoms with van der Waals surface area (Å²) in [5.41, 5.74) is 0.819. The van der Waals surface area contributed by atoms with E-state index in [0.717, 1.165) is 12.1 Å². The topological polar surface area (TPSA) is 12.4 Å². The van der Waals surface area contributed by atoms with E-state index in [4.69, 9.17) is 0 Å². The van der Waals surface area contributed by atoms with E-state index in [0.29, 0.717) is 5.92 Å². The minimum absolute atomic E-state index is 0.601. The smallest absolute Gasteiger partial charge is 0.0637 e. The van der Waals surface area contributed by atoms with Gasteiger partial charge in [0.1, 0.15) is 0 Å². The van der Waals surface area contributed by atoms with Crippen molar-refractivity contribution in [1.29, 1.82) is 0 Å². The zero-order valence-corrected chi connectivity index (χ0v) is 6.66. The number of hydrogen-bond donors (Lipinski definition) is 0. The minimum Gasteiger partial charge on any atom is -0.200 e. The van der Waals surface area contributed by atoms with E-state index in [1.54, 1.807) is 0 Å². The van der Waals surface area contributed by atoms with Crippen molar-refractivity contribution in [2.75, 3.05) is 0 Å². The fraction of sp³-hybridized carbons (Fsp3) is 0.571. The molecule has 0 rings (SSSR count). The molecule has 0 amide bonds. The number of thiocarbonyl (C=S) groups is 1. The summed E-state index contributed by atoms with van der Waals surface area (Å²) >= 11 is 4.40. The van der Waals surface area contributed by atoms with Crippen LogP contribution in [0, 0.1) is 5.92 Å². The third kappa shape index (κ3) is 5.41. The summed E-state index contributed by atoms with van der Waals surface area (Å²) < 4.78 is 0. The Labute approximate surface area is 61.5 Å². The second-order valence-corrected chi connectivity index (χ2v) is 2.55. The molecule has 0 aromatic carbocycles. The van der Waals surface area contributed by atoms with Gasteiger partial charge < -0.3 is 0 Å². The Hall–Kier alpha value is -0.460. The van der Waals surface area contributed by atoms with Gasteiger partial charge in [-0.1, -0.05) is 20.4 Å². The Morgan fingerprint density at radius 1 is 1.78 bits per heavy atom. The number of nitrogens with zero attached hydrogens (tertiary/aromatic N) is 1. The van der Waals surface area contributed by atoms with Crippen LogP contribution in [0.5, 0.6) is 0 Å². The van der Waals surface area contributed by atoms with Crippen molar-refractivity contribution >= 4 is 17.4 Å². The predicted molar refractivity (Wildman–Crippen MR) is 43.6 cm³/mol. The van der Waals surface area contributed by atoms with E-state index in [2.05, 4.69) is 42.8 Å². The molecule has 0 radical (unpaired) electrons. The van der Waals surface area contributed by atoms with Gasteiger partial charge in [0, 0.05) is 5.70 Å². The molecule has 0 spiro atoms. The van der Waals surface area contributed by atoms with E-state index in [1.165, 1.54) is 0 Å². The highest BCUT2D eigenvalue weighted by Crippen LogP contribution is 2.07. The molecular formula is C7H11NS. The van der Waals surface area contributed by atoms with Crippen molar-refractivity contribution in [2.24, 2.45) is 10.9 Å². The zero-order valence-electron chi connectivity index (χ0n) is 5.85. The van der Waals surface area contributed by atoms with Crippen LogP contribution in [0.15, 0.2) is 17.3 Å². The largest absolute Gasteiger partial charge is 0.200 e. The first-order valence-electron chi connectivity index (χ1n) is 2.92. The summed E-state index contributed by atoms with van der Waals surface area (Å²) in [4.78, 5) is 3.74. The lowest BCUT2D eigenvalue weighted by Gasteiger charge is -1.99. The maximum absolute atomic E-state index is 4.40. The number of rotatable bonds is 3. The van der Waals surface area contributed by atoms with Gasteiger partial charge in [0.25, 0.3) is 0 Å². The van der Waals surface area contributed by atoms with Gasteiger partial charge in [-0.25, -0.2) is 0 Å². The monoisotopic (exact) mass is 141 g/mol. The van der Waals surface area contributed by atoms with Crippen molar-refractivity contribution < 1.29 is 0 Å². The summed E-state index contributed by atoms with van der Waals surface area (Å²) in [6.07, 6.45) is 0.906. The molecule has 0 aliphatic heterocycles. The summed E-state index contributed by atoms with van der Waals surface area (Å²) in [7, 11) is 0. The second-order valence-electron chi connectivity index (χ2n) is 2.37. The van der Waals surface area contributed by atoms with E-state index in [-0.39, 0.29) is 0 Å². The quantitative estimate of drug-likeness (QED) is 0.435. The lowest BCUT2D eigenvalue weighted by molar-refractivity contribution is 0.640. The van der Waals surface area contributed by atoms with Crippen LogP contribution in [-0.2, 0) is 0 Å². The fourth-order valence-electron chi connectivity index (χ4n) is 0.581. The van der Waals surface area contributed by atoms with Gasteiger partial charge in [0.15, 0.2) is 0 Å². The van der Waals surface area contributed by atoms with Gasteiger partial charge in [-0.3, -0.25) is 0 Å².